The Morgan fingerprint density at radius 2 is 2.22 bits per heavy atom. The predicted molar refractivity (Wildman–Crippen MR) is 61.6 cm³/mol. The first-order valence-electron chi connectivity index (χ1n) is 5.68. The molecule has 96 valence electrons. The normalized spacial score (nSPS) is 16.4. The van der Waals surface area contributed by atoms with E-state index in [0.717, 1.165) is 6.42 Å². The Balaban J connectivity index is 1.84. The van der Waals surface area contributed by atoms with Crippen molar-refractivity contribution in [3.63, 3.8) is 0 Å². The number of carboxylic acids is 1. The van der Waals surface area contributed by atoms with Crippen molar-refractivity contribution in [3.8, 4) is 0 Å². The van der Waals surface area contributed by atoms with Gasteiger partial charge in [-0.05, 0) is 31.4 Å². The monoisotopic (exact) mass is 250 g/mol. The van der Waals surface area contributed by atoms with Crippen LogP contribution in [0.2, 0.25) is 0 Å². The van der Waals surface area contributed by atoms with E-state index < -0.39 is 17.5 Å². The number of hydrogen-bond donors (Lipinski definition) is 3. The molecule has 0 unspecified atom stereocenters. The number of carboxylic acid groups (broad SMARTS) is 1. The molecule has 0 saturated heterocycles. The number of hydrogen-bond acceptors (Lipinski definition) is 4. The first-order chi connectivity index (χ1) is 8.62. The van der Waals surface area contributed by atoms with Gasteiger partial charge in [-0.15, -0.1) is 0 Å². The molecule has 7 heteroatoms. The molecule has 2 rings (SSSR count). The van der Waals surface area contributed by atoms with Crippen LogP contribution in [-0.2, 0) is 11.3 Å². The highest BCUT2D eigenvalue weighted by atomic mass is 16.4. The summed E-state index contributed by atoms with van der Waals surface area (Å²) < 4.78 is 0. The first-order valence-corrected chi connectivity index (χ1v) is 5.68. The van der Waals surface area contributed by atoms with Crippen LogP contribution >= 0.6 is 0 Å². The maximum Gasteiger partial charge on any atom is 0.329 e. The van der Waals surface area contributed by atoms with Gasteiger partial charge in [-0.3, -0.25) is 0 Å². The van der Waals surface area contributed by atoms with Crippen molar-refractivity contribution >= 4 is 12.0 Å². The van der Waals surface area contributed by atoms with E-state index in [9.17, 15) is 9.59 Å². The molecule has 2 amide bonds. The summed E-state index contributed by atoms with van der Waals surface area (Å²) in [5.41, 5.74) is -0.474. The van der Waals surface area contributed by atoms with Crippen molar-refractivity contribution in [1.82, 2.24) is 20.8 Å². The number of rotatable bonds is 4. The molecule has 0 radical (unpaired) electrons. The summed E-state index contributed by atoms with van der Waals surface area (Å²) in [5.74, 6) is -0.983. The number of carbonyl (C=O) groups is 2. The van der Waals surface area contributed by atoms with E-state index in [0.29, 0.717) is 18.5 Å². The Morgan fingerprint density at radius 1 is 1.44 bits per heavy atom. The molecule has 0 atom stereocenters. The number of nitrogens with one attached hydrogen (secondary N) is 2. The summed E-state index contributed by atoms with van der Waals surface area (Å²) >= 11 is 0. The van der Waals surface area contributed by atoms with Gasteiger partial charge in [0, 0.05) is 6.20 Å². The average molecular weight is 250 g/mol. The van der Waals surface area contributed by atoms with Gasteiger partial charge < -0.3 is 15.7 Å². The van der Waals surface area contributed by atoms with Crippen LogP contribution in [-0.4, -0.2) is 32.8 Å². The van der Waals surface area contributed by atoms with Gasteiger partial charge in [0.15, 0.2) is 0 Å². The Bertz CT molecular complexity index is 445. The Kier molecular flexibility index (Phi) is 3.40. The molecule has 18 heavy (non-hydrogen) atoms. The highest BCUT2D eigenvalue weighted by molar-refractivity contribution is 5.87. The van der Waals surface area contributed by atoms with Crippen LogP contribution in [0.1, 0.15) is 25.0 Å². The van der Waals surface area contributed by atoms with Crippen molar-refractivity contribution in [2.75, 3.05) is 0 Å². The van der Waals surface area contributed by atoms with Crippen LogP contribution in [0.4, 0.5) is 4.79 Å². The van der Waals surface area contributed by atoms with E-state index >= 15 is 0 Å². The third-order valence-electron chi connectivity index (χ3n) is 3.03. The highest BCUT2D eigenvalue weighted by Gasteiger charge is 2.45. The second-order valence-electron chi connectivity index (χ2n) is 4.26. The molecular formula is C11H14N4O3. The van der Waals surface area contributed by atoms with Gasteiger partial charge in [0.2, 0.25) is 0 Å². The summed E-state index contributed by atoms with van der Waals surface area (Å²) in [6, 6.07) is 2.94. The fraction of sp³-hybridized carbons (Fsp3) is 0.455. The lowest BCUT2D eigenvalue weighted by Gasteiger charge is -2.38. The van der Waals surface area contributed by atoms with Gasteiger partial charge in [0.05, 0.1) is 12.2 Å². The Labute approximate surface area is 104 Å². The summed E-state index contributed by atoms with van der Waals surface area (Å²) in [5, 5.41) is 21.6. The van der Waals surface area contributed by atoms with Crippen molar-refractivity contribution in [3.05, 3.63) is 24.0 Å². The standard InChI is InChI=1S/C11H14N4O3/c16-9(17)11(4-2-5-11)14-10(18)12-7-8-3-1-6-13-15-8/h1,3,6H,2,4-5,7H2,(H,16,17)(H2,12,14,18). The predicted octanol–water partition coefficient (Wildman–Crippen LogP) is 0.283. The van der Waals surface area contributed by atoms with Gasteiger partial charge in [-0.1, -0.05) is 0 Å². The maximum absolute atomic E-state index is 11.6. The largest absolute Gasteiger partial charge is 0.480 e. The maximum atomic E-state index is 11.6. The fourth-order valence-corrected chi connectivity index (χ4v) is 1.78. The number of aliphatic carboxylic acids is 1. The minimum Gasteiger partial charge on any atom is -0.480 e. The minimum absolute atomic E-state index is 0.218. The summed E-state index contributed by atoms with van der Waals surface area (Å²) in [7, 11) is 0. The van der Waals surface area contributed by atoms with E-state index in [2.05, 4.69) is 20.8 Å². The molecule has 1 fully saturated rings. The molecular weight excluding hydrogens is 236 g/mol. The Morgan fingerprint density at radius 3 is 2.72 bits per heavy atom. The smallest absolute Gasteiger partial charge is 0.329 e. The highest BCUT2D eigenvalue weighted by Crippen LogP contribution is 2.31. The summed E-state index contributed by atoms with van der Waals surface area (Å²) in [4.78, 5) is 22.6. The van der Waals surface area contributed by atoms with Crippen LogP contribution in [0.5, 0.6) is 0 Å². The molecule has 0 aromatic carbocycles. The van der Waals surface area contributed by atoms with Crippen molar-refractivity contribution in [1.29, 1.82) is 0 Å². The van der Waals surface area contributed by atoms with E-state index in [-0.39, 0.29) is 6.54 Å². The molecule has 0 spiro atoms. The molecule has 1 aromatic rings. The average Bonchev–Trinajstić information content (AvgIpc) is 2.32. The van der Waals surface area contributed by atoms with Crippen LogP contribution in [0.3, 0.4) is 0 Å². The number of carbonyl (C=O) groups excluding carboxylic acids is 1. The number of urea groups is 1. The van der Waals surface area contributed by atoms with Crippen LogP contribution in [0.25, 0.3) is 0 Å². The van der Waals surface area contributed by atoms with E-state index in [1.165, 1.54) is 6.20 Å². The van der Waals surface area contributed by atoms with Crippen molar-refractivity contribution in [2.24, 2.45) is 0 Å². The second kappa shape index (κ2) is 4.99. The molecule has 7 nitrogen and oxygen atoms in total. The lowest BCUT2D eigenvalue weighted by atomic mass is 9.77. The number of nitrogens with zero attached hydrogens (tertiary/aromatic N) is 2. The van der Waals surface area contributed by atoms with Crippen LogP contribution < -0.4 is 10.6 Å². The summed E-state index contributed by atoms with van der Waals surface area (Å²) in [6.07, 6.45) is 3.30. The zero-order valence-electron chi connectivity index (χ0n) is 9.72. The van der Waals surface area contributed by atoms with Crippen LogP contribution in [0.15, 0.2) is 18.3 Å². The summed E-state index contributed by atoms with van der Waals surface area (Å²) in [6.45, 7) is 0.218. The Hall–Kier alpha value is -2.18. The van der Waals surface area contributed by atoms with Crippen molar-refractivity contribution < 1.29 is 14.7 Å². The lowest BCUT2D eigenvalue weighted by Crippen LogP contribution is -2.61. The number of amides is 2. The third-order valence-corrected chi connectivity index (χ3v) is 3.03. The van der Waals surface area contributed by atoms with Crippen LogP contribution in [0, 0.1) is 0 Å². The van der Waals surface area contributed by atoms with E-state index in [1.807, 2.05) is 0 Å². The van der Waals surface area contributed by atoms with E-state index in [4.69, 9.17) is 5.11 Å². The SMILES string of the molecule is O=C(NCc1cccnn1)NC1(C(=O)O)CCC1. The molecule has 1 aliphatic carbocycles. The van der Waals surface area contributed by atoms with Gasteiger partial charge in [0.25, 0.3) is 0 Å². The van der Waals surface area contributed by atoms with Gasteiger partial charge in [-0.2, -0.15) is 10.2 Å². The zero-order valence-corrected chi connectivity index (χ0v) is 9.72. The molecule has 0 bridgehead atoms. The third kappa shape index (κ3) is 2.55. The van der Waals surface area contributed by atoms with E-state index in [1.54, 1.807) is 12.1 Å². The van der Waals surface area contributed by atoms with Gasteiger partial charge >= 0.3 is 12.0 Å². The first kappa shape index (κ1) is 12.3. The number of aromatic nitrogens is 2. The molecule has 0 aliphatic heterocycles. The minimum atomic E-state index is -1.09. The molecule has 1 aromatic heterocycles. The van der Waals surface area contributed by atoms with Crippen molar-refractivity contribution in [2.45, 2.75) is 31.3 Å². The molecule has 1 heterocycles. The molecule has 1 aliphatic rings. The molecule has 1 saturated carbocycles. The molecule has 3 N–H and O–H groups in total. The topological polar surface area (TPSA) is 104 Å². The fourth-order valence-electron chi connectivity index (χ4n) is 1.78. The quantitative estimate of drug-likeness (QED) is 0.712. The zero-order chi connectivity index (χ0) is 13.0. The van der Waals surface area contributed by atoms with Gasteiger partial charge in [-0.25, -0.2) is 9.59 Å². The lowest BCUT2D eigenvalue weighted by molar-refractivity contribution is -0.148. The second-order valence-corrected chi connectivity index (χ2v) is 4.26. The van der Waals surface area contributed by atoms with Gasteiger partial charge in [0.1, 0.15) is 5.54 Å².